The van der Waals surface area contributed by atoms with E-state index in [1.807, 2.05) is 6.07 Å². The number of aryl methyl sites for hydroxylation is 1. The Morgan fingerprint density at radius 3 is 1.79 bits per heavy atom. The fourth-order valence-electron chi connectivity index (χ4n) is 0.714. The van der Waals surface area contributed by atoms with Crippen LogP contribution in [0.5, 0.6) is 0 Å². The molecule has 0 spiro atoms. The highest BCUT2D eigenvalue weighted by Crippen LogP contribution is 2.01. The van der Waals surface area contributed by atoms with Crippen molar-refractivity contribution in [3.63, 3.8) is 0 Å². The van der Waals surface area contributed by atoms with Gasteiger partial charge >= 0.3 is 0 Å². The van der Waals surface area contributed by atoms with Gasteiger partial charge in [0, 0.05) is 0 Å². The lowest BCUT2D eigenvalue weighted by Gasteiger charge is -2.10. The SMILES string of the molecule is CC(C)(C)OO.CCc1ccccc1. The molecule has 0 aliphatic heterocycles. The Kier molecular flexibility index (Phi) is 6.17. The maximum atomic E-state index is 7.90. The van der Waals surface area contributed by atoms with Crippen molar-refractivity contribution < 1.29 is 10.1 Å². The van der Waals surface area contributed by atoms with Gasteiger partial charge in [-0.05, 0) is 32.8 Å². The van der Waals surface area contributed by atoms with Crippen molar-refractivity contribution in [3.05, 3.63) is 35.9 Å². The molecule has 0 saturated heterocycles. The molecular weight excluding hydrogens is 176 g/mol. The van der Waals surface area contributed by atoms with Crippen molar-refractivity contribution in [2.24, 2.45) is 0 Å². The first-order valence-electron chi connectivity index (χ1n) is 4.86. The molecule has 0 radical (unpaired) electrons. The van der Waals surface area contributed by atoms with Crippen molar-refractivity contribution in [2.75, 3.05) is 0 Å². The van der Waals surface area contributed by atoms with Crippen LogP contribution in [0.1, 0.15) is 33.3 Å². The average Bonchev–Trinajstić information content (AvgIpc) is 2.19. The molecule has 1 aromatic rings. The Morgan fingerprint density at radius 2 is 1.57 bits per heavy atom. The lowest BCUT2D eigenvalue weighted by Crippen LogP contribution is -2.15. The predicted molar refractivity (Wildman–Crippen MR) is 59.3 cm³/mol. The zero-order valence-corrected chi connectivity index (χ0v) is 9.45. The summed E-state index contributed by atoms with van der Waals surface area (Å²) in [5.74, 6) is 0. The molecule has 0 aromatic heterocycles. The smallest absolute Gasteiger partial charge is 0.0949 e. The molecule has 0 aliphatic carbocycles. The Labute approximate surface area is 86.5 Å². The second kappa shape index (κ2) is 6.57. The summed E-state index contributed by atoms with van der Waals surface area (Å²) in [6.07, 6.45) is 1.14. The van der Waals surface area contributed by atoms with E-state index in [-0.39, 0.29) is 0 Å². The summed E-state index contributed by atoms with van der Waals surface area (Å²) in [5.41, 5.74) is 1.01. The van der Waals surface area contributed by atoms with Crippen molar-refractivity contribution >= 4 is 0 Å². The summed E-state index contributed by atoms with van der Waals surface area (Å²) in [5, 5.41) is 7.90. The molecule has 0 atom stereocenters. The van der Waals surface area contributed by atoms with Gasteiger partial charge in [-0.3, -0.25) is 5.26 Å². The van der Waals surface area contributed by atoms with Gasteiger partial charge in [0.15, 0.2) is 0 Å². The van der Waals surface area contributed by atoms with Crippen LogP contribution >= 0.6 is 0 Å². The lowest BCUT2D eigenvalue weighted by molar-refractivity contribution is -0.306. The van der Waals surface area contributed by atoms with Crippen LogP contribution in [0, 0.1) is 0 Å². The molecular formula is C12H20O2. The van der Waals surface area contributed by atoms with E-state index in [0.29, 0.717) is 0 Å². The van der Waals surface area contributed by atoms with Gasteiger partial charge in [0.2, 0.25) is 0 Å². The summed E-state index contributed by atoms with van der Waals surface area (Å²) in [7, 11) is 0. The van der Waals surface area contributed by atoms with Crippen molar-refractivity contribution in [3.8, 4) is 0 Å². The van der Waals surface area contributed by atoms with Crippen LogP contribution in [0.2, 0.25) is 0 Å². The third-order valence-corrected chi connectivity index (χ3v) is 1.52. The zero-order valence-electron chi connectivity index (χ0n) is 9.45. The van der Waals surface area contributed by atoms with E-state index in [2.05, 4.69) is 36.1 Å². The molecule has 0 unspecified atom stereocenters. The van der Waals surface area contributed by atoms with Crippen LogP contribution in [0.25, 0.3) is 0 Å². The van der Waals surface area contributed by atoms with Crippen LogP contribution in [-0.2, 0) is 11.3 Å². The predicted octanol–water partition coefficient (Wildman–Crippen LogP) is 3.52. The Balaban J connectivity index is 0.000000255. The summed E-state index contributed by atoms with van der Waals surface area (Å²) in [6.45, 7) is 7.47. The van der Waals surface area contributed by atoms with Gasteiger partial charge in [-0.25, -0.2) is 4.89 Å². The average molecular weight is 196 g/mol. The summed E-state index contributed by atoms with van der Waals surface area (Å²) >= 11 is 0. The van der Waals surface area contributed by atoms with Crippen LogP contribution in [0.15, 0.2) is 30.3 Å². The topological polar surface area (TPSA) is 29.5 Å². The van der Waals surface area contributed by atoms with Gasteiger partial charge in [-0.15, -0.1) is 0 Å². The van der Waals surface area contributed by atoms with E-state index in [1.54, 1.807) is 20.8 Å². The van der Waals surface area contributed by atoms with Crippen LogP contribution in [0.3, 0.4) is 0 Å². The summed E-state index contributed by atoms with van der Waals surface area (Å²) < 4.78 is 0. The molecule has 1 aromatic carbocycles. The van der Waals surface area contributed by atoms with Crippen molar-refractivity contribution in [1.82, 2.24) is 0 Å². The molecule has 0 amide bonds. The number of rotatable bonds is 1. The first-order valence-corrected chi connectivity index (χ1v) is 4.86. The normalized spacial score (nSPS) is 10.4. The minimum atomic E-state index is -0.403. The minimum Gasteiger partial charge on any atom is -0.251 e. The Bertz CT molecular complexity index is 224. The van der Waals surface area contributed by atoms with Gasteiger partial charge in [0.1, 0.15) is 0 Å². The highest BCUT2D eigenvalue weighted by Gasteiger charge is 2.06. The zero-order chi connectivity index (χ0) is 11.0. The van der Waals surface area contributed by atoms with Gasteiger partial charge in [0.25, 0.3) is 0 Å². The molecule has 0 saturated carbocycles. The molecule has 2 heteroatoms. The molecule has 0 bridgehead atoms. The minimum absolute atomic E-state index is 0.403. The fourth-order valence-corrected chi connectivity index (χ4v) is 0.714. The fraction of sp³-hybridized carbons (Fsp3) is 0.500. The second-order valence-electron chi connectivity index (χ2n) is 4.04. The van der Waals surface area contributed by atoms with Crippen molar-refractivity contribution in [1.29, 1.82) is 0 Å². The molecule has 0 heterocycles. The molecule has 1 rings (SSSR count). The van der Waals surface area contributed by atoms with E-state index >= 15 is 0 Å². The largest absolute Gasteiger partial charge is 0.251 e. The molecule has 0 aliphatic rings. The van der Waals surface area contributed by atoms with E-state index in [0.717, 1.165) is 6.42 Å². The highest BCUT2D eigenvalue weighted by atomic mass is 17.1. The first kappa shape index (κ1) is 13.1. The van der Waals surface area contributed by atoms with Gasteiger partial charge < -0.3 is 0 Å². The maximum Gasteiger partial charge on any atom is 0.0949 e. The monoisotopic (exact) mass is 196 g/mol. The molecule has 14 heavy (non-hydrogen) atoms. The maximum absolute atomic E-state index is 7.90. The molecule has 80 valence electrons. The second-order valence-corrected chi connectivity index (χ2v) is 4.04. The van der Waals surface area contributed by atoms with Crippen LogP contribution in [-0.4, -0.2) is 10.9 Å². The Morgan fingerprint density at radius 1 is 1.14 bits per heavy atom. The molecule has 1 N–H and O–H groups in total. The van der Waals surface area contributed by atoms with Gasteiger partial charge in [-0.2, -0.15) is 0 Å². The quantitative estimate of drug-likeness (QED) is 0.550. The summed E-state index contributed by atoms with van der Waals surface area (Å²) in [4.78, 5) is 3.94. The van der Waals surface area contributed by atoms with E-state index in [1.165, 1.54) is 5.56 Å². The van der Waals surface area contributed by atoms with E-state index < -0.39 is 5.60 Å². The molecule has 2 nitrogen and oxygen atoms in total. The van der Waals surface area contributed by atoms with E-state index in [4.69, 9.17) is 5.26 Å². The number of hydrogen-bond acceptors (Lipinski definition) is 2. The Hall–Kier alpha value is -0.860. The van der Waals surface area contributed by atoms with Crippen LogP contribution in [0.4, 0.5) is 0 Å². The third-order valence-electron chi connectivity index (χ3n) is 1.52. The third kappa shape index (κ3) is 7.77. The van der Waals surface area contributed by atoms with E-state index in [9.17, 15) is 0 Å². The standard InChI is InChI=1S/C8H10.C4H10O2/c1-2-8-6-4-3-5-7-8;1-4(2,3)6-5/h3-7H,2H2,1H3;5H,1-3H3. The van der Waals surface area contributed by atoms with Crippen molar-refractivity contribution in [2.45, 2.75) is 39.7 Å². The van der Waals surface area contributed by atoms with Gasteiger partial charge in [-0.1, -0.05) is 37.3 Å². The van der Waals surface area contributed by atoms with Gasteiger partial charge in [0.05, 0.1) is 5.60 Å². The number of hydrogen-bond donors (Lipinski definition) is 1. The number of benzene rings is 1. The first-order chi connectivity index (χ1) is 6.49. The molecule has 0 fully saturated rings. The summed E-state index contributed by atoms with van der Waals surface area (Å²) in [6, 6.07) is 10.5. The lowest BCUT2D eigenvalue weighted by atomic mass is 10.2. The highest BCUT2D eigenvalue weighted by molar-refractivity contribution is 5.13. The van der Waals surface area contributed by atoms with Crippen LogP contribution < -0.4 is 0 Å².